The summed E-state index contributed by atoms with van der Waals surface area (Å²) in [7, 11) is 0. The van der Waals surface area contributed by atoms with Crippen molar-refractivity contribution in [3.8, 4) is 0 Å². The van der Waals surface area contributed by atoms with E-state index in [4.69, 9.17) is 0 Å². The summed E-state index contributed by atoms with van der Waals surface area (Å²) in [5.74, 6) is 0.0816. The van der Waals surface area contributed by atoms with Crippen LogP contribution in [0.2, 0.25) is 0 Å². The molecule has 4 nitrogen and oxygen atoms in total. The molecule has 1 aromatic heterocycles. The molecule has 1 aliphatic carbocycles. The van der Waals surface area contributed by atoms with Crippen molar-refractivity contribution >= 4 is 11.6 Å². The minimum absolute atomic E-state index is 0.000245. The fourth-order valence-electron chi connectivity index (χ4n) is 4.09. The van der Waals surface area contributed by atoms with Crippen LogP contribution in [0.4, 0.5) is 10.1 Å². The molecule has 162 valence electrons. The second-order valence-electron chi connectivity index (χ2n) is 9.64. The Kier molecular flexibility index (Phi) is 5.46. The Morgan fingerprint density at radius 1 is 1.10 bits per heavy atom. The van der Waals surface area contributed by atoms with Gasteiger partial charge in [0.25, 0.3) is 0 Å². The lowest BCUT2D eigenvalue weighted by Crippen LogP contribution is -2.16. The number of rotatable bonds is 5. The first-order valence-corrected chi connectivity index (χ1v) is 10.8. The fourth-order valence-corrected chi connectivity index (χ4v) is 4.09. The monoisotopic (exact) mass is 419 g/mol. The van der Waals surface area contributed by atoms with Gasteiger partial charge in [0.05, 0.1) is 23.6 Å². The van der Waals surface area contributed by atoms with Crippen LogP contribution in [-0.4, -0.2) is 15.7 Å². The van der Waals surface area contributed by atoms with Crippen LogP contribution in [0.5, 0.6) is 0 Å². The highest BCUT2D eigenvalue weighted by Gasteiger charge is 2.44. The molecular weight excluding hydrogens is 389 g/mol. The third-order valence-corrected chi connectivity index (χ3v) is 6.21. The molecule has 1 aliphatic rings. The van der Waals surface area contributed by atoms with Crippen molar-refractivity contribution in [2.75, 3.05) is 5.32 Å². The number of carbonyl (C=O) groups is 1. The number of nitrogens with one attached hydrogen (secondary N) is 1. The maximum absolute atomic E-state index is 13.2. The van der Waals surface area contributed by atoms with Gasteiger partial charge in [-0.05, 0) is 60.4 Å². The maximum Gasteiger partial charge on any atom is 0.228 e. The lowest BCUT2D eigenvalue weighted by molar-refractivity contribution is -0.117. The minimum Gasteiger partial charge on any atom is -0.323 e. The molecule has 1 amide bonds. The summed E-state index contributed by atoms with van der Waals surface area (Å²) in [5, 5.41) is 7.69. The van der Waals surface area contributed by atoms with Gasteiger partial charge < -0.3 is 5.32 Å². The molecule has 0 unspecified atom stereocenters. The number of carbonyl (C=O) groups excluding carboxylic acids is 1. The SMILES string of the molecule is Cc1nn(Cc2ccc(F)cc2)c(C)c1NC(=O)[C@@H]1C[C@@H]1c1ccc(C(C)(C)C)cc1. The number of aromatic nitrogens is 2. The standard InChI is InChI=1S/C26H30FN3O/c1-16-24(17(2)30(29-16)15-18-6-12-21(27)13-7-18)28-25(31)23-14-22(23)19-8-10-20(11-9-19)26(3,4)5/h6-13,22-23H,14-15H2,1-5H3,(H,28,31)/t22-,23-/m1/s1. The van der Waals surface area contributed by atoms with Crippen molar-refractivity contribution in [2.24, 2.45) is 5.92 Å². The molecule has 4 rings (SSSR count). The summed E-state index contributed by atoms with van der Waals surface area (Å²) in [6.07, 6.45) is 0.877. The fraction of sp³-hybridized carbons (Fsp3) is 0.385. The van der Waals surface area contributed by atoms with Crippen LogP contribution in [0.25, 0.3) is 0 Å². The van der Waals surface area contributed by atoms with E-state index in [1.54, 1.807) is 12.1 Å². The van der Waals surface area contributed by atoms with Crippen LogP contribution in [-0.2, 0) is 16.8 Å². The summed E-state index contributed by atoms with van der Waals surface area (Å²) in [6.45, 7) is 11.0. The quantitative estimate of drug-likeness (QED) is 0.574. The molecule has 3 aromatic rings. The van der Waals surface area contributed by atoms with Crippen molar-refractivity contribution in [1.82, 2.24) is 9.78 Å². The van der Waals surface area contributed by atoms with Gasteiger partial charge in [-0.15, -0.1) is 0 Å². The largest absolute Gasteiger partial charge is 0.323 e. The number of benzene rings is 2. The molecule has 0 bridgehead atoms. The molecule has 0 aliphatic heterocycles. The predicted molar refractivity (Wildman–Crippen MR) is 122 cm³/mol. The highest BCUT2D eigenvalue weighted by molar-refractivity contribution is 5.96. The van der Waals surface area contributed by atoms with Crippen molar-refractivity contribution in [1.29, 1.82) is 0 Å². The maximum atomic E-state index is 13.2. The van der Waals surface area contributed by atoms with E-state index >= 15 is 0 Å². The third-order valence-electron chi connectivity index (χ3n) is 6.21. The smallest absolute Gasteiger partial charge is 0.228 e. The Morgan fingerprint density at radius 3 is 2.35 bits per heavy atom. The van der Waals surface area contributed by atoms with Crippen LogP contribution in [0.15, 0.2) is 48.5 Å². The number of anilines is 1. The Labute approximate surface area is 183 Å². The van der Waals surface area contributed by atoms with E-state index in [0.717, 1.165) is 29.1 Å². The molecule has 2 atom stereocenters. The van der Waals surface area contributed by atoms with Crippen molar-refractivity contribution < 1.29 is 9.18 Å². The molecule has 1 N–H and O–H groups in total. The van der Waals surface area contributed by atoms with Gasteiger partial charge in [0.15, 0.2) is 0 Å². The number of hydrogen-bond donors (Lipinski definition) is 1. The highest BCUT2D eigenvalue weighted by Crippen LogP contribution is 2.48. The van der Waals surface area contributed by atoms with Gasteiger partial charge in [-0.1, -0.05) is 57.2 Å². The van der Waals surface area contributed by atoms with Gasteiger partial charge in [-0.25, -0.2) is 4.39 Å². The average Bonchev–Trinajstić information content (AvgIpc) is 3.48. The Balaban J connectivity index is 1.42. The molecule has 0 radical (unpaired) electrons. The topological polar surface area (TPSA) is 46.9 Å². The summed E-state index contributed by atoms with van der Waals surface area (Å²) in [4.78, 5) is 12.9. The second kappa shape index (κ2) is 7.95. The molecule has 31 heavy (non-hydrogen) atoms. The molecule has 0 spiro atoms. The van der Waals surface area contributed by atoms with Gasteiger partial charge in [0.1, 0.15) is 5.82 Å². The zero-order chi connectivity index (χ0) is 22.3. The first kappa shape index (κ1) is 21.3. The van der Waals surface area contributed by atoms with E-state index in [9.17, 15) is 9.18 Å². The summed E-state index contributed by atoms with van der Waals surface area (Å²) >= 11 is 0. The third kappa shape index (κ3) is 4.55. The summed E-state index contributed by atoms with van der Waals surface area (Å²) < 4.78 is 15.0. The van der Waals surface area contributed by atoms with Crippen molar-refractivity contribution in [3.05, 3.63) is 82.4 Å². The molecule has 1 heterocycles. The highest BCUT2D eigenvalue weighted by atomic mass is 19.1. The van der Waals surface area contributed by atoms with Gasteiger partial charge >= 0.3 is 0 Å². The number of nitrogens with zero attached hydrogens (tertiary/aromatic N) is 2. The van der Waals surface area contributed by atoms with Crippen LogP contribution < -0.4 is 5.32 Å². The van der Waals surface area contributed by atoms with Crippen LogP contribution >= 0.6 is 0 Å². The van der Waals surface area contributed by atoms with Gasteiger partial charge in [-0.2, -0.15) is 5.10 Å². The van der Waals surface area contributed by atoms with Gasteiger partial charge in [0, 0.05) is 5.92 Å². The molecule has 2 aromatic carbocycles. The molecule has 0 saturated heterocycles. The Hall–Kier alpha value is -2.95. The number of amides is 1. The Bertz CT molecular complexity index is 1090. The molecular formula is C26H30FN3O. The van der Waals surface area contributed by atoms with E-state index in [-0.39, 0.29) is 29.0 Å². The van der Waals surface area contributed by atoms with Gasteiger partial charge in [0.2, 0.25) is 5.91 Å². The number of hydrogen-bond acceptors (Lipinski definition) is 2. The van der Waals surface area contributed by atoms with Crippen LogP contribution in [0.3, 0.4) is 0 Å². The van der Waals surface area contributed by atoms with Crippen molar-refractivity contribution in [3.63, 3.8) is 0 Å². The lowest BCUT2D eigenvalue weighted by atomic mass is 9.86. The number of halogens is 1. The summed E-state index contributed by atoms with van der Waals surface area (Å²) in [5.41, 5.74) is 6.10. The molecule has 1 fully saturated rings. The van der Waals surface area contributed by atoms with Gasteiger partial charge in [-0.3, -0.25) is 9.48 Å². The van der Waals surface area contributed by atoms with E-state index < -0.39 is 0 Å². The first-order valence-electron chi connectivity index (χ1n) is 10.8. The Morgan fingerprint density at radius 2 is 1.74 bits per heavy atom. The lowest BCUT2D eigenvalue weighted by Gasteiger charge is -2.19. The van der Waals surface area contributed by atoms with E-state index in [0.29, 0.717) is 6.54 Å². The van der Waals surface area contributed by atoms with E-state index in [2.05, 4.69) is 55.5 Å². The zero-order valence-corrected chi connectivity index (χ0v) is 18.9. The second-order valence-corrected chi connectivity index (χ2v) is 9.64. The predicted octanol–water partition coefficient (Wildman–Crippen LogP) is 5.73. The zero-order valence-electron chi connectivity index (χ0n) is 18.9. The average molecular weight is 420 g/mol. The van der Waals surface area contributed by atoms with E-state index in [1.165, 1.54) is 23.3 Å². The summed E-state index contributed by atoms with van der Waals surface area (Å²) in [6, 6.07) is 15.1. The van der Waals surface area contributed by atoms with Crippen molar-refractivity contribution in [2.45, 2.75) is 58.9 Å². The number of aryl methyl sites for hydroxylation is 1. The van der Waals surface area contributed by atoms with Crippen LogP contribution in [0.1, 0.15) is 61.2 Å². The van der Waals surface area contributed by atoms with E-state index in [1.807, 2.05) is 18.5 Å². The molecule has 5 heteroatoms. The normalized spacial score (nSPS) is 18.1. The van der Waals surface area contributed by atoms with Crippen LogP contribution in [0, 0.1) is 25.6 Å². The molecule has 1 saturated carbocycles. The minimum atomic E-state index is -0.253. The first-order chi connectivity index (χ1) is 14.6.